The monoisotopic (exact) mass is 346 g/mol. The van der Waals surface area contributed by atoms with Gasteiger partial charge in [0.15, 0.2) is 5.65 Å². The smallest absolute Gasteiger partial charge is 0.244 e. The van der Waals surface area contributed by atoms with Crippen molar-refractivity contribution >= 4 is 39.1 Å². The third kappa shape index (κ3) is 3.38. The van der Waals surface area contributed by atoms with Gasteiger partial charge in [0.25, 0.3) is 0 Å². The number of nitrogens with zero attached hydrogens (tertiary/aromatic N) is 2. The van der Waals surface area contributed by atoms with E-state index in [0.29, 0.717) is 23.8 Å². The number of rotatable bonds is 4. The zero-order valence-electron chi connectivity index (χ0n) is 10.8. The molecule has 0 bridgehead atoms. The fourth-order valence-corrected chi connectivity index (χ4v) is 2.11. The summed E-state index contributed by atoms with van der Waals surface area (Å²) in [5.74, 6) is 1.05. The van der Waals surface area contributed by atoms with Gasteiger partial charge >= 0.3 is 0 Å². The molecule has 0 saturated carbocycles. The van der Waals surface area contributed by atoms with Crippen molar-refractivity contribution in [3.63, 3.8) is 0 Å². The number of furan rings is 1. The summed E-state index contributed by atoms with van der Waals surface area (Å²) < 4.78 is 5.97. The van der Waals surface area contributed by atoms with Crippen LogP contribution in [0.5, 0.6) is 0 Å². The van der Waals surface area contributed by atoms with Crippen LogP contribution in [0.25, 0.3) is 17.2 Å². The van der Waals surface area contributed by atoms with E-state index in [1.54, 1.807) is 30.7 Å². The Morgan fingerprint density at radius 3 is 3.24 bits per heavy atom. The largest absolute Gasteiger partial charge is 0.465 e. The quantitative estimate of drug-likeness (QED) is 0.711. The number of H-pyrrole nitrogens is 1. The van der Waals surface area contributed by atoms with Crippen LogP contribution < -0.4 is 5.32 Å². The molecule has 3 aromatic rings. The Labute approximate surface area is 128 Å². The molecule has 0 fully saturated rings. The fourth-order valence-electron chi connectivity index (χ4n) is 1.78. The number of imidazole rings is 1. The molecule has 0 spiro atoms. The summed E-state index contributed by atoms with van der Waals surface area (Å²) in [6.45, 7) is 0.301. The number of hydrogen-bond acceptors (Lipinski definition) is 4. The fraction of sp³-hybridized carbons (Fsp3) is 0.0714. The van der Waals surface area contributed by atoms with Crippen molar-refractivity contribution < 1.29 is 9.21 Å². The average Bonchev–Trinajstić information content (AvgIpc) is 3.11. The van der Waals surface area contributed by atoms with Crippen LogP contribution in [0.3, 0.4) is 0 Å². The van der Waals surface area contributed by atoms with Crippen LogP contribution in [0.1, 0.15) is 11.6 Å². The number of fused-ring (bicyclic) bond motifs is 1. The number of halogens is 1. The molecule has 0 atom stereocenters. The molecule has 0 unspecified atom stereocenters. The second-order valence-electron chi connectivity index (χ2n) is 4.27. The summed E-state index contributed by atoms with van der Waals surface area (Å²) in [6.07, 6.45) is 6.25. The first-order chi connectivity index (χ1) is 10.2. The van der Waals surface area contributed by atoms with E-state index in [9.17, 15) is 4.79 Å². The Bertz CT molecular complexity index is 793. The number of carbonyl (C=O) groups is 1. The van der Waals surface area contributed by atoms with Crippen molar-refractivity contribution in [2.24, 2.45) is 0 Å². The van der Waals surface area contributed by atoms with Crippen molar-refractivity contribution in [2.75, 3.05) is 0 Å². The molecule has 0 aliphatic rings. The van der Waals surface area contributed by atoms with Gasteiger partial charge in [0.1, 0.15) is 11.6 Å². The Morgan fingerprint density at radius 1 is 1.52 bits per heavy atom. The minimum Gasteiger partial charge on any atom is -0.465 e. The molecule has 106 valence electrons. The van der Waals surface area contributed by atoms with Crippen molar-refractivity contribution in [1.29, 1.82) is 0 Å². The number of aromatic amines is 1. The van der Waals surface area contributed by atoms with E-state index in [-0.39, 0.29) is 5.91 Å². The molecule has 21 heavy (non-hydrogen) atoms. The maximum atomic E-state index is 11.7. The van der Waals surface area contributed by atoms with Gasteiger partial charge in [0.05, 0.1) is 18.3 Å². The van der Waals surface area contributed by atoms with Crippen molar-refractivity contribution in [3.8, 4) is 0 Å². The van der Waals surface area contributed by atoms with Crippen LogP contribution >= 0.6 is 15.9 Å². The minimum absolute atomic E-state index is 0.221. The molecule has 0 saturated heterocycles. The van der Waals surface area contributed by atoms with E-state index in [4.69, 9.17) is 4.42 Å². The topological polar surface area (TPSA) is 83.8 Å². The lowest BCUT2D eigenvalue weighted by atomic mass is 10.4. The molecule has 0 radical (unpaired) electrons. The van der Waals surface area contributed by atoms with Gasteiger partial charge in [-0.05, 0) is 40.2 Å². The predicted octanol–water partition coefficient (Wildman–Crippen LogP) is 2.64. The normalized spacial score (nSPS) is 11.3. The van der Waals surface area contributed by atoms with Gasteiger partial charge in [0, 0.05) is 16.7 Å². The molecule has 0 aliphatic heterocycles. The van der Waals surface area contributed by atoms with E-state index in [1.165, 1.54) is 6.08 Å². The zero-order chi connectivity index (χ0) is 14.7. The van der Waals surface area contributed by atoms with Gasteiger partial charge in [0.2, 0.25) is 5.91 Å². The minimum atomic E-state index is -0.221. The Morgan fingerprint density at radius 2 is 2.43 bits per heavy atom. The molecule has 6 nitrogen and oxygen atoms in total. The summed E-state index contributed by atoms with van der Waals surface area (Å²) >= 11 is 3.35. The standard InChI is InChI=1S/C14H11BrN4O2/c15-9-6-11-14(17-7-9)19-12(18-11)8-16-13(20)4-3-10-2-1-5-21-10/h1-7H,8H2,(H,16,20)(H,17,18,19)/b4-3+. The first-order valence-electron chi connectivity index (χ1n) is 6.20. The average molecular weight is 347 g/mol. The van der Waals surface area contributed by atoms with E-state index >= 15 is 0 Å². The molecule has 3 rings (SSSR count). The second kappa shape index (κ2) is 5.92. The molecule has 1 amide bonds. The van der Waals surface area contributed by atoms with E-state index in [0.717, 1.165) is 9.99 Å². The molecule has 2 N–H and O–H groups in total. The molecular formula is C14H11BrN4O2. The number of amides is 1. The summed E-state index contributed by atoms with van der Waals surface area (Å²) in [5.41, 5.74) is 1.44. The van der Waals surface area contributed by atoms with Crippen LogP contribution in [-0.4, -0.2) is 20.9 Å². The SMILES string of the molecule is O=C(/C=C/c1ccco1)NCc1nc2ncc(Br)cc2[nH]1. The number of pyridine rings is 1. The molecule has 3 aromatic heterocycles. The summed E-state index contributed by atoms with van der Waals surface area (Å²) in [7, 11) is 0. The van der Waals surface area contributed by atoms with Crippen LogP contribution in [0.2, 0.25) is 0 Å². The van der Waals surface area contributed by atoms with Gasteiger partial charge in [-0.1, -0.05) is 0 Å². The highest BCUT2D eigenvalue weighted by Crippen LogP contribution is 2.14. The van der Waals surface area contributed by atoms with Crippen molar-refractivity contribution in [2.45, 2.75) is 6.54 Å². The number of aromatic nitrogens is 3. The highest BCUT2D eigenvalue weighted by atomic mass is 79.9. The van der Waals surface area contributed by atoms with Gasteiger partial charge in [-0.15, -0.1) is 0 Å². The number of nitrogens with one attached hydrogen (secondary N) is 2. The highest BCUT2D eigenvalue weighted by Gasteiger charge is 2.05. The molecule has 0 aromatic carbocycles. The van der Waals surface area contributed by atoms with Crippen molar-refractivity contribution in [1.82, 2.24) is 20.3 Å². The summed E-state index contributed by atoms with van der Waals surface area (Å²) in [4.78, 5) is 23.2. The van der Waals surface area contributed by atoms with E-state index in [1.807, 2.05) is 6.07 Å². The first kappa shape index (κ1) is 13.6. The Hall–Kier alpha value is -2.41. The first-order valence-corrected chi connectivity index (χ1v) is 6.99. The lowest BCUT2D eigenvalue weighted by Gasteiger charge is -1.97. The third-order valence-corrected chi connectivity index (χ3v) is 3.16. The second-order valence-corrected chi connectivity index (χ2v) is 5.19. The lowest BCUT2D eigenvalue weighted by molar-refractivity contribution is -0.116. The van der Waals surface area contributed by atoms with E-state index < -0.39 is 0 Å². The maximum absolute atomic E-state index is 11.7. The van der Waals surface area contributed by atoms with Crippen LogP contribution in [-0.2, 0) is 11.3 Å². The molecule has 0 aliphatic carbocycles. The molecular weight excluding hydrogens is 336 g/mol. The van der Waals surface area contributed by atoms with Gasteiger partial charge < -0.3 is 14.7 Å². The predicted molar refractivity (Wildman–Crippen MR) is 81.2 cm³/mol. The third-order valence-electron chi connectivity index (χ3n) is 2.73. The lowest BCUT2D eigenvalue weighted by Crippen LogP contribution is -2.20. The zero-order valence-corrected chi connectivity index (χ0v) is 12.4. The van der Waals surface area contributed by atoms with Crippen LogP contribution in [0, 0.1) is 0 Å². The van der Waals surface area contributed by atoms with Crippen molar-refractivity contribution in [3.05, 3.63) is 52.8 Å². The summed E-state index contributed by atoms with van der Waals surface area (Å²) in [5, 5.41) is 2.74. The number of hydrogen-bond donors (Lipinski definition) is 2. The van der Waals surface area contributed by atoms with E-state index in [2.05, 4.69) is 36.2 Å². The van der Waals surface area contributed by atoms with Gasteiger partial charge in [-0.3, -0.25) is 4.79 Å². The number of carbonyl (C=O) groups excluding carboxylic acids is 1. The Balaban J connectivity index is 1.62. The van der Waals surface area contributed by atoms with Crippen LogP contribution in [0.15, 0.2) is 45.6 Å². The molecule has 3 heterocycles. The summed E-state index contributed by atoms with van der Waals surface area (Å²) in [6, 6.07) is 5.42. The molecule has 7 heteroatoms. The van der Waals surface area contributed by atoms with Gasteiger partial charge in [-0.2, -0.15) is 0 Å². The van der Waals surface area contributed by atoms with Gasteiger partial charge in [-0.25, -0.2) is 9.97 Å². The highest BCUT2D eigenvalue weighted by molar-refractivity contribution is 9.10. The Kier molecular flexibility index (Phi) is 3.83. The van der Waals surface area contributed by atoms with Crippen LogP contribution in [0.4, 0.5) is 0 Å². The maximum Gasteiger partial charge on any atom is 0.244 e.